The van der Waals surface area contributed by atoms with E-state index < -0.39 is 5.41 Å². The van der Waals surface area contributed by atoms with Gasteiger partial charge in [0.2, 0.25) is 11.8 Å². The van der Waals surface area contributed by atoms with Crippen LogP contribution in [-0.2, 0) is 16.1 Å². The Labute approximate surface area is 191 Å². The molecule has 0 aromatic carbocycles. The quantitative estimate of drug-likeness (QED) is 0.398. The van der Waals surface area contributed by atoms with E-state index in [1.165, 1.54) is 11.8 Å². The predicted octanol–water partition coefficient (Wildman–Crippen LogP) is 3.21. The van der Waals surface area contributed by atoms with E-state index in [-0.39, 0.29) is 23.6 Å². The fraction of sp³-hybridized carbons (Fsp3) is 0.524. The largest absolute Gasteiger partial charge is 0.467 e. The molecular weight excluding hydrogens is 438 g/mol. The van der Waals surface area contributed by atoms with Crippen molar-refractivity contribution in [3.05, 3.63) is 35.4 Å². The number of halogens is 1. The van der Waals surface area contributed by atoms with Crippen molar-refractivity contribution in [3.8, 4) is 0 Å². The number of nitrogens with zero attached hydrogens (tertiary/aromatic N) is 4. The number of carbonyl (C=O) groups is 2. The zero-order chi connectivity index (χ0) is 22.6. The third-order valence-electron chi connectivity index (χ3n) is 4.89. The average molecular weight is 466 g/mol. The molecule has 2 aromatic rings. The van der Waals surface area contributed by atoms with Crippen molar-refractivity contribution in [1.29, 1.82) is 0 Å². The molecule has 31 heavy (non-hydrogen) atoms. The number of nitrogens with one attached hydrogen (secondary N) is 1. The third kappa shape index (κ3) is 6.36. The molecule has 3 rings (SSSR count). The van der Waals surface area contributed by atoms with Crippen LogP contribution in [0.1, 0.15) is 33.5 Å². The molecule has 1 N–H and O–H groups in total. The van der Waals surface area contributed by atoms with E-state index in [0.717, 1.165) is 0 Å². The smallest absolute Gasteiger partial charge is 0.230 e. The molecule has 2 amide bonds. The molecule has 0 aliphatic carbocycles. The van der Waals surface area contributed by atoms with Crippen LogP contribution in [0.5, 0.6) is 0 Å². The average Bonchev–Trinajstić information content (AvgIpc) is 3.23. The number of anilines is 1. The third-order valence-corrected chi connectivity index (χ3v) is 5.93. The molecule has 1 atom stereocenters. The molecule has 0 saturated carbocycles. The lowest BCUT2D eigenvalue weighted by molar-refractivity contribution is -0.142. The van der Waals surface area contributed by atoms with Gasteiger partial charge in [-0.1, -0.05) is 44.1 Å². The number of furan rings is 1. The van der Waals surface area contributed by atoms with E-state index in [0.29, 0.717) is 48.1 Å². The highest BCUT2D eigenvalue weighted by Crippen LogP contribution is 2.26. The van der Waals surface area contributed by atoms with Gasteiger partial charge in [0, 0.05) is 37.2 Å². The number of aromatic nitrogens is 2. The minimum atomic E-state index is -0.407. The Bertz CT molecular complexity index is 916. The monoisotopic (exact) mass is 465 g/mol. The SMILES string of the molecule is CC1CN(c2cc(Cl)nc(SCC(=O)NCc3ccco3)n2)CCN1C(=O)C(C)(C)C. The molecule has 2 aromatic heterocycles. The molecule has 0 radical (unpaired) electrons. The van der Waals surface area contributed by atoms with E-state index in [4.69, 9.17) is 16.0 Å². The van der Waals surface area contributed by atoms with E-state index in [1.54, 1.807) is 24.5 Å². The number of hydrogen-bond donors (Lipinski definition) is 1. The molecule has 0 spiro atoms. The molecule has 8 nitrogen and oxygen atoms in total. The second-order valence-corrected chi connectivity index (χ2v) is 9.85. The van der Waals surface area contributed by atoms with Crippen LogP contribution in [0, 0.1) is 5.41 Å². The first-order chi connectivity index (χ1) is 14.6. The maximum Gasteiger partial charge on any atom is 0.230 e. The Morgan fingerprint density at radius 1 is 1.32 bits per heavy atom. The summed E-state index contributed by atoms with van der Waals surface area (Å²) < 4.78 is 5.20. The predicted molar refractivity (Wildman–Crippen MR) is 121 cm³/mol. The maximum absolute atomic E-state index is 12.7. The maximum atomic E-state index is 12.7. The summed E-state index contributed by atoms with van der Waals surface area (Å²) in [5.74, 6) is 1.57. The number of piperazine rings is 1. The molecule has 1 unspecified atom stereocenters. The Kier molecular flexibility index (Phi) is 7.48. The lowest BCUT2D eigenvalue weighted by Crippen LogP contribution is -2.56. The van der Waals surface area contributed by atoms with Gasteiger partial charge in [-0.15, -0.1) is 0 Å². The van der Waals surface area contributed by atoms with E-state index >= 15 is 0 Å². The second kappa shape index (κ2) is 9.91. The minimum absolute atomic E-state index is 0.0534. The number of thioether (sulfide) groups is 1. The van der Waals surface area contributed by atoms with Crippen LogP contribution in [0.15, 0.2) is 34.0 Å². The molecule has 1 fully saturated rings. The summed E-state index contributed by atoms with van der Waals surface area (Å²) in [4.78, 5) is 37.6. The number of carbonyl (C=O) groups excluding carboxylic acids is 2. The normalized spacial score (nSPS) is 17.0. The lowest BCUT2D eigenvalue weighted by atomic mass is 9.93. The fourth-order valence-electron chi connectivity index (χ4n) is 3.29. The Morgan fingerprint density at radius 3 is 2.74 bits per heavy atom. The van der Waals surface area contributed by atoms with Crippen LogP contribution in [0.2, 0.25) is 5.15 Å². The van der Waals surface area contributed by atoms with Crippen LogP contribution in [-0.4, -0.2) is 58.1 Å². The van der Waals surface area contributed by atoms with Crippen molar-refractivity contribution < 1.29 is 14.0 Å². The van der Waals surface area contributed by atoms with Crippen LogP contribution in [0.25, 0.3) is 0 Å². The first kappa shape index (κ1) is 23.4. The van der Waals surface area contributed by atoms with Gasteiger partial charge >= 0.3 is 0 Å². The first-order valence-electron chi connectivity index (χ1n) is 10.2. The molecule has 10 heteroatoms. The summed E-state index contributed by atoms with van der Waals surface area (Å²) in [6, 6.07) is 5.35. The van der Waals surface area contributed by atoms with Crippen LogP contribution < -0.4 is 10.2 Å². The molecule has 0 bridgehead atoms. The molecular formula is C21H28ClN5O3S. The van der Waals surface area contributed by atoms with Gasteiger partial charge in [0.25, 0.3) is 0 Å². The Balaban J connectivity index is 1.58. The number of hydrogen-bond acceptors (Lipinski definition) is 7. The van der Waals surface area contributed by atoms with E-state index in [9.17, 15) is 9.59 Å². The summed E-state index contributed by atoms with van der Waals surface area (Å²) in [6.07, 6.45) is 1.57. The van der Waals surface area contributed by atoms with Gasteiger partial charge in [-0.2, -0.15) is 0 Å². The summed E-state index contributed by atoms with van der Waals surface area (Å²) in [6.45, 7) is 10.1. The van der Waals surface area contributed by atoms with Crippen molar-refractivity contribution in [2.75, 3.05) is 30.3 Å². The highest BCUT2D eigenvalue weighted by Gasteiger charge is 2.34. The summed E-state index contributed by atoms with van der Waals surface area (Å²) in [5.41, 5.74) is -0.407. The summed E-state index contributed by atoms with van der Waals surface area (Å²) in [5, 5.41) is 3.56. The van der Waals surface area contributed by atoms with Gasteiger partial charge in [-0.05, 0) is 19.1 Å². The van der Waals surface area contributed by atoms with E-state index in [1.807, 2.05) is 32.6 Å². The minimum Gasteiger partial charge on any atom is -0.467 e. The highest BCUT2D eigenvalue weighted by atomic mass is 35.5. The van der Waals surface area contributed by atoms with Gasteiger partial charge in [-0.25, -0.2) is 9.97 Å². The first-order valence-corrected chi connectivity index (χ1v) is 11.5. The lowest BCUT2D eigenvalue weighted by Gasteiger charge is -2.42. The van der Waals surface area contributed by atoms with Crippen LogP contribution >= 0.6 is 23.4 Å². The fourth-order valence-corrected chi connectivity index (χ4v) is 4.20. The van der Waals surface area contributed by atoms with Gasteiger partial charge in [0.05, 0.1) is 18.6 Å². The summed E-state index contributed by atoms with van der Waals surface area (Å²) >= 11 is 7.45. The molecule has 1 aliphatic rings. The molecule has 1 saturated heterocycles. The van der Waals surface area contributed by atoms with Gasteiger partial charge in [-0.3, -0.25) is 9.59 Å². The van der Waals surface area contributed by atoms with Crippen LogP contribution in [0.3, 0.4) is 0 Å². The van der Waals surface area contributed by atoms with Crippen molar-refractivity contribution >= 4 is 41.0 Å². The number of rotatable bonds is 6. The zero-order valence-electron chi connectivity index (χ0n) is 18.2. The van der Waals surface area contributed by atoms with Crippen molar-refractivity contribution in [1.82, 2.24) is 20.2 Å². The zero-order valence-corrected chi connectivity index (χ0v) is 19.8. The summed E-state index contributed by atoms with van der Waals surface area (Å²) in [7, 11) is 0. The van der Waals surface area contributed by atoms with Crippen molar-refractivity contribution in [3.63, 3.8) is 0 Å². The highest BCUT2D eigenvalue weighted by molar-refractivity contribution is 7.99. The Morgan fingerprint density at radius 2 is 2.10 bits per heavy atom. The molecule has 168 valence electrons. The molecule has 1 aliphatic heterocycles. The van der Waals surface area contributed by atoms with Gasteiger partial charge in [0.15, 0.2) is 5.16 Å². The van der Waals surface area contributed by atoms with Crippen molar-refractivity contribution in [2.45, 2.75) is 45.4 Å². The van der Waals surface area contributed by atoms with E-state index in [2.05, 4.69) is 20.2 Å². The van der Waals surface area contributed by atoms with Gasteiger partial charge < -0.3 is 19.5 Å². The Hall–Kier alpha value is -2.26. The second-order valence-electron chi connectivity index (χ2n) is 8.52. The van der Waals surface area contributed by atoms with Crippen molar-refractivity contribution in [2.24, 2.45) is 5.41 Å². The van der Waals surface area contributed by atoms with Gasteiger partial charge in [0.1, 0.15) is 16.7 Å². The van der Waals surface area contributed by atoms with Crippen LogP contribution in [0.4, 0.5) is 5.82 Å². The topological polar surface area (TPSA) is 91.6 Å². The number of amides is 2. The molecule has 3 heterocycles. The standard InChI is InChI=1S/C21H28ClN5O3S/c1-14-12-26(7-8-27(14)19(29)21(2,3)4)17-10-16(22)24-20(25-17)31-13-18(28)23-11-15-6-5-9-30-15/h5-6,9-10,14H,7-8,11-13H2,1-4H3,(H,23,28).